The van der Waals surface area contributed by atoms with Crippen molar-refractivity contribution in [3.05, 3.63) is 108 Å². The van der Waals surface area contributed by atoms with E-state index in [1.165, 1.54) is 0 Å². The second kappa shape index (κ2) is 12.8. The Labute approximate surface area is 251 Å². The van der Waals surface area contributed by atoms with Crippen LogP contribution in [0.3, 0.4) is 0 Å². The molecule has 3 heterocycles. The van der Waals surface area contributed by atoms with Gasteiger partial charge in [0.1, 0.15) is 11.9 Å². The summed E-state index contributed by atoms with van der Waals surface area (Å²) in [6.45, 7) is 0.508. The zero-order valence-electron chi connectivity index (χ0n) is 24.1. The predicted octanol–water partition coefficient (Wildman–Crippen LogP) is 5.59. The number of hydrogen-bond acceptors (Lipinski definition) is 6. The number of aryl methyl sites for hydroxylation is 1. The molecule has 1 aliphatic rings. The normalized spacial score (nSPS) is 17.2. The molecule has 2 aromatic carbocycles. The van der Waals surface area contributed by atoms with Gasteiger partial charge in [0.05, 0.1) is 29.6 Å². The van der Waals surface area contributed by atoms with Crippen LogP contribution in [-0.4, -0.2) is 35.9 Å². The molecule has 1 atom stereocenters. The number of rotatable bonds is 9. The minimum atomic E-state index is -0.230. The fourth-order valence-electron chi connectivity index (χ4n) is 6.17. The largest absolute Gasteiger partial charge is 0.351 e. The van der Waals surface area contributed by atoms with Crippen LogP contribution in [0.5, 0.6) is 0 Å². The van der Waals surface area contributed by atoms with Gasteiger partial charge in [-0.25, -0.2) is 9.97 Å². The van der Waals surface area contributed by atoms with Crippen LogP contribution in [0.1, 0.15) is 54.1 Å². The molecule has 0 aliphatic heterocycles. The number of aromatic nitrogens is 6. The number of carbonyl (C=O) groups is 1. The van der Waals surface area contributed by atoms with E-state index in [0.29, 0.717) is 23.7 Å². The van der Waals surface area contributed by atoms with Gasteiger partial charge in [0.25, 0.3) is 0 Å². The van der Waals surface area contributed by atoms with Gasteiger partial charge in [0, 0.05) is 49.7 Å². The maximum absolute atomic E-state index is 13.8. The highest BCUT2D eigenvalue weighted by Gasteiger charge is 2.33. The lowest BCUT2D eigenvalue weighted by Gasteiger charge is -2.33. The minimum absolute atomic E-state index is 0.0709. The second-order valence-electron chi connectivity index (χ2n) is 11.3. The molecule has 9 nitrogen and oxygen atoms in total. The molecule has 5 aromatic rings. The molecule has 1 fully saturated rings. The van der Waals surface area contributed by atoms with Crippen LogP contribution in [0.15, 0.2) is 85.6 Å². The highest BCUT2D eigenvalue weighted by atomic mass is 16.1. The summed E-state index contributed by atoms with van der Waals surface area (Å²) >= 11 is 0. The molecule has 1 aliphatic carbocycles. The fourth-order valence-corrected chi connectivity index (χ4v) is 6.17. The fraction of sp³-hybridized carbons (Fsp3) is 0.294. The number of H-pyrrole nitrogens is 1. The molecule has 6 rings (SSSR count). The summed E-state index contributed by atoms with van der Waals surface area (Å²) in [6.07, 6.45) is 13.5. The zero-order chi connectivity index (χ0) is 29.6. The van der Waals surface area contributed by atoms with Crippen molar-refractivity contribution in [1.29, 1.82) is 5.26 Å². The Bertz CT molecular complexity index is 1700. The first-order valence-corrected chi connectivity index (χ1v) is 14.7. The monoisotopic (exact) mass is 570 g/mol. The molecule has 43 heavy (non-hydrogen) atoms. The summed E-state index contributed by atoms with van der Waals surface area (Å²) in [5.74, 6) is 1.23. The number of amides is 1. The summed E-state index contributed by atoms with van der Waals surface area (Å²) in [5, 5.41) is 23.8. The number of carbonyl (C=O) groups excluding carboxylic acids is 1. The van der Waals surface area contributed by atoms with E-state index < -0.39 is 0 Å². The van der Waals surface area contributed by atoms with Crippen LogP contribution in [0, 0.1) is 23.2 Å². The van der Waals surface area contributed by atoms with Crippen LogP contribution < -0.4 is 5.32 Å². The molecule has 1 amide bonds. The van der Waals surface area contributed by atoms with Crippen molar-refractivity contribution in [2.45, 2.75) is 44.6 Å². The first-order chi connectivity index (χ1) is 21.1. The van der Waals surface area contributed by atoms with Gasteiger partial charge < -0.3 is 5.32 Å². The Kier molecular flexibility index (Phi) is 8.36. The number of nitrogens with one attached hydrogen (secondary N) is 2. The van der Waals surface area contributed by atoms with Gasteiger partial charge in [-0.1, -0.05) is 54.6 Å². The first kappa shape index (κ1) is 28.0. The molecule has 0 spiro atoms. The van der Waals surface area contributed by atoms with E-state index in [9.17, 15) is 10.1 Å². The minimum Gasteiger partial charge on any atom is -0.351 e. The van der Waals surface area contributed by atoms with E-state index in [4.69, 9.17) is 4.98 Å². The molecule has 1 saturated carbocycles. The lowest BCUT2D eigenvalue weighted by molar-refractivity contribution is -0.124. The third-order valence-electron chi connectivity index (χ3n) is 8.46. The van der Waals surface area contributed by atoms with Crippen molar-refractivity contribution >= 4 is 5.91 Å². The highest BCUT2D eigenvalue weighted by molar-refractivity contribution is 5.84. The van der Waals surface area contributed by atoms with Gasteiger partial charge in [-0.2, -0.15) is 15.5 Å². The van der Waals surface area contributed by atoms with Crippen molar-refractivity contribution in [3.8, 4) is 28.5 Å². The summed E-state index contributed by atoms with van der Waals surface area (Å²) in [6, 6.07) is 20.6. The standard InChI is InChI=1S/C34H34N8O/c1-42-22-30(21-40-42)25-11-13-27(14-12-25)32(34(43)37-17-24-5-3-2-4-6-24)26-9-7-23(8-10-26)15-31-36-18-28(16-35)33(41-31)29-19-38-39-20-29/h2-6,11-14,18-23,26,32H,7-10,15,17H2,1H3,(H,37,43)(H,38,39)/t23-,26-,32?. The highest BCUT2D eigenvalue weighted by Crippen LogP contribution is 2.40. The van der Waals surface area contributed by atoms with Gasteiger partial charge in [-0.15, -0.1) is 0 Å². The first-order valence-electron chi connectivity index (χ1n) is 14.7. The van der Waals surface area contributed by atoms with E-state index in [1.807, 2.05) is 49.8 Å². The van der Waals surface area contributed by atoms with Crippen molar-refractivity contribution in [1.82, 2.24) is 35.3 Å². The van der Waals surface area contributed by atoms with Gasteiger partial charge >= 0.3 is 0 Å². The molecule has 1 unspecified atom stereocenters. The van der Waals surface area contributed by atoms with E-state index in [2.05, 4.69) is 55.9 Å². The Morgan fingerprint density at radius 1 is 1.02 bits per heavy atom. The SMILES string of the molecule is Cn1cc(-c2ccc(C(C(=O)NCc3ccccc3)[C@H]3CC[C@H](Cc4ncc(C#N)c(-c5cn[nH]c5)n4)CC3)cc2)cn1. The summed E-state index contributed by atoms with van der Waals surface area (Å²) in [7, 11) is 1.91. The number of nitriles is 1. The number of benzene rings is 2. The van der Waals surface area contributed by atoms with Crippen LogP contribution in [0.25, 0.3) is 22.4 Å². The second-order valence-corrected chi connectivity index (χ2v) is 11.3. The average Bonchev–Trinajstić information content (AvgIpc) is 3.74. The molecule has 0 bridgehead atoms. The molecule has 3 aromatic heterocycles. The van der Waals surface area contributed by atoms with Crippen molar-refractivity contribution in [3.63, 3.8) is 0 Å². The quantitative estimate of drug-likeness (QED) is 0.238. The Morgan fingerprint density at radius 3 is 2.49 bits per heavy atom. The van der Waals surface area contributed by atoms with Crippen molar-refractivity contribution in [2.75, 3.05) is 0 Å². The van der Waals surface area contributed by atoms with Gasteiger partial charge in [-0.05, 0) is 54.2 Å². The molecule has 9 heteroatoms. The summed E-state index contributed by atoms with van der Waals surface area (Å²) in [5.41, 5.74) is 6.10. The topological polar surface area (TPSA) is 125 Å². The van der Waals surface area contributed by atoms with Crippen LogP contribution in [0.2, 0.25) is 0 Å². The summed E-state index contributed by atoms with van der Waals surface area (Å²) in [4.78, 5) is 23.0. The van der Waals surface area contributed by atoms with Crippen molar-refractivity contribution in [2.24, 2.45) is 18.9 Å². The molecule has 216 valence electrons. The Morgan fingerprint density at radius 2 is 1.81 bits per heavy atom. The third kappa shape index (κ3) is 6.54. The lowest BCUT2D eigenvalue weighted by Crippen LogP contribution is -2.35. The van der Waals surface area contributed by atoms with E-state index in [-0.39, 0.29) is 17.7 Å². The van der Waals surface area contributed by atoms with Crippen LogP contribution in [0.4, 0.5) is 0 Å². The zero-order valence-corrected chi connectivity index (χ0v) is 24.1. The van der Waals surface area contributed by atoms with E-state index >= 15 is 0 Å². The number of aromatic amines is 1. The molecule has 0 saturated heterocycles. The third-order valence-corrected chi connectivity index (χ3v) is 8.46. The smallest absolute Gasteiger partial charge is 0.228 e. The van der Waals surface area contributed by atoms with Crippen LogP contribution >= 0.6 is 0 Å². The predicted molar refractivity (Wildman–Crippen MR) is 163 cm³/mol. The Hall–Kier alpha value is -5.10. The van der Waals surface area contributed by atoms with Gasteiger partial charge in [-0.3, -0.25) is 14.6 Å². The number of nitrogens with zero attached hydrogens (tertiary/aromatic N) is 6. The molecular formula is C34H34N8O. The van der Waals surface area contributed by atoms with E-state index in [1.54, 1.807) is 23.3 Å². The molecular weight excluding hydrogens is 536 g/mol. The lowest BCUT2D eigenvalue weighted by atomic mass is 9.72. The molecule has 0 radical (unpaired) electrons. The van der Waals surface area contributed by atoms with Gasteiger partial charge in [0.15, 0.2) is 0 Å². The van der Waals surface area contributed by atoms with E-state index in [0.717, 1.165) is 65.7 Å². The summed E-state index contributed by atoms with van der Waals surface area (Å²) < 4.78 is 1.79. The van der Waals surface area contributed by atoms with Crippen LogP contribution in [-0.2, 0) is 24.8 Å². The number of hydrogen-bond donors (Lipinski definition) is 2. The van der Waals surface area contributed by atoms with Gasteiger partial charge in [0.2, 0.25) is 5.91 Å². The maximum Gasteiger partial charge on any atom is 0.228 e. The Balaban J connectivity index is 1.16. The van der Waals surface area contributed by atoms with Crippen molar-refractivity contribution < 1.29 is 4.79 Å². The average molecular weight is 571 g/mol. The molecule has 2 N–H and O–H groups in total. The maximum atomic E-state index is 13.8.